The number of aromatic amines is 1. The third-order valence-electron chi connectivity index (χ3n) is 5.47. The van der Waals surface area contributed by atoms with Crippen molar-refractivity contribution in [1.29, 1.82) is 0 Å². The number of H-pyrrole nitrogens is 1. The van der Waals surface area contributed by atoms with Crippen LogP contribution in [-0.2, 0) is 31.5 Å². The molecule has 212 valence electrons. The van der Waals surface area contributed by atoms with E-state index in [1.807, 2.05) is 24.3 Å². The Kier molecular flexibility index (Phi) is 10.5. The maximum absolute atomic E-state index is 13.5. The molecule has 12 nitrogen and oxygen atoms in total. The first-order valence-corrected chi connectivity index (χ1v) is 15.5. The number of carbonyl (C=O) groups is 1. The van der Waals surface area contributed by atoms with E-state index in [1.165, 1.54) is 6.33 Å². The van der Waals surface area contributed by atoms with Crippen molar-refractivity contribution in [3.63, 3.8) is 0 Å². The van der Waals surface area contributed by atoms with Gasteiger partial charge in [0.2, 0.25) is 11.1 Å². The Labute approximate surface area is 242 Å². The van der Waals surface area contributed by atoms with Crippen molar-refractivity contribution in [2.75, 3.05) is 38.2 Å². The maximum Gasteiger partial charge on any atom is 0.356 e. The number of imidazole rings is 1. The van der Waals surface area contributed by atoms with Gasteiger partial charge in [-0.25, -0.2) is 4.98 Å². The zero-order chi connectivity index (χ0) is 28.5. The summed E-state index contributed by atoms with van der Waals surface area (Å²) in [5.74, 6) is 0.892. The molecule has 0 fully saturated rings. The van der Waals surface area contributed by atoms with Crippen molar-refractivity contribution in [2.24, 2.45) is 0 Å². The number of halogens is 1. The molecule has 0 radical (unpaired) electrons. The van der Waals surface area contributed by atoms with Crippen LogP contribution in [0.1, 0.15) is 15.9 Å². The summed E-state index contributed by atoms with van der Waals surface area (Å²) in [6, 6.07) is 14.2. The summed E-state index contributed by atoms with van der Waals surface area (Å²) in [6.07, 6.45) is 1.13. The van der Waals surface area contributed by atoms with E-state index in [9.17, 15) is 14.2 Å². The van der Waals surface area contributed by atoms with Crippen molar-refractivity contribution in [3.05, 3.63) is 80.8 Å². The number of fused-ring (bicyclic) bond motifs is 1. The second-order valence-electron chi connectivity index (χ2n) is 8.31. The molecule has 3 N–H and O–H groups in total. The second-order valence-corrected chi connectivity index (χ2v) is 12.3. The molecule has 0 aliphatic carbocycles. The molecule has 2 aromatic heterocycles. The fraction of sp³-hybridized carbons (Fsp3) is 0.280. The Morgan fingerprint density at radius 1 is 1.18 bits per heavy atom. The van der Waals surface area contributed by atoms with E-state index in [0.717, 1.165) is 21.8 Å². The van der Waals surface area contributed by atoms with E-state index in [4.69, 9.17) is 24.3 Å². The maximum atomic E-state index is 13.5. The Morgan fingerprint density at radius 2 is 1.98 bits per heavy atom. The van der Waals surface area contributed by atoms with E-state index in [0.29, 0.717) is 17.0 Å². The lowest BCUT2D eigenvalue weighted by molar-refractivity contribution is 0.108. The number of hydrogen-bond donors (Lipinski definition) is 2. The number of anilines is 1. The van der Waals surface area contributed by atoms with Crippen molar-refractivity contribution in [3.8, 4) is 5.75 Å². The van der Waals surface area contributed by atoms with Gasteiger partial charge in [0.15, 0.2) is 11.2 Å². The van der Waals surface area contributed by atoms with Gasteiger partial charge in [0.1, 0.15) is 12.1 Å². The van der Waals surface area contributed by atoms with Crippen LogP contribution >= 0.6 is 35.3 Å². The molecule has 1 atom stereocenters. The van der Waals surface area contributed by atoms with Gasteiger partial charge in [-0.15, -0.1) is 0 Å². The Morgan fingerprint density at radius 3 is 2.73 bits per heavy atom. The number of rotatable bonds is 14. The van der Waals surface area contributed by atoms with Crippen LogP contribution in [0.3, 0.4) is 0 Å². The highest BCUT2D eigenvalue weighted by atomic mass is 79.9. The lowest BCUT2D eigenvalue weighted by atomic mass is 10.2. The highest BCUT2D eigenvalue weighted by Gasteiger charge is 2.26. The molecule has 0 spiro atoms. The van der Waals surface area contributed by atoms with Gasteiger partial charge in [-0.1, -0.05) is 39.8 Å². The van der Waals surface area contributed by atoms with Crippen molar-refractivity contribution >= 4 is 57.5 Å². The summed E-state index contributed by atoms with van der Waals surface area (Å²) in [4.78, 5) is 35.0. The highest BCUT2D eigenvalue weighted by molar-refractivity contribution is 9.10. The monoisotopic (exact) mass is 651 g/mol. The topological polar surface area (TPSA) is 161 Å². The number of nitrogens with zero attached hydrogens (tertiary/aromatic N) is 3. The lowest BCUT2D eigenvalue weighted by Crippen LogP contribution is -2.13. The molecular formula is C25H27BrN5O7PS. The van der Waals surface area contributed by atoms with Crippen LogP contribution in [0.2, 0.25) is 0 Å². The van der Waals surface area contributed by atoms with Gasteiger partial charge in [-0.05, 0) is 42.0 Å². The number of benzene rings is 2. The van der Waals surface area contributed by atoms with Gasteiger partial charge in [-0.2, -0.15) is 4.98 Å². The molecule has 0 bridgehead atoms. The van der Waals surface area contributed by atoms with Crippen LogP contribution in [-0.4, -0.2) is 57.1 Å². The average molecular weight is 652 g/mol. The molecule has 0 saturated carbocycles. The third-order valence-corrected chi connectivity index (χ3v) is 8.43. The number of thioether (sulfide) groups is 1. The van der Waals surface area contributed by atoms with Crippen LogP contribution < -0.4 is 16.0 Å². The molecule has 2 aromatic carbocycles. The minimum absolute atomic E-state index is 0.00378. The number of nitrogens with two attached hydrogens (primary N) is 1. The van der Waals surface area contributed by atoms with Gasteiger partial charge < -0.3 is 28.8 Å². The zero-order valence-corrected chi connectivity index (χ0v) is 24.7. The largest absolute Gasteiger partial charge is 0.497 e. The highest BCUT2D eigenvalue weighted by Crippen LogP contribution is 2.49. The number of nitrogen functional groups attached to an aromatic ring is 1. The summed E-state index contributed by atoms with van der Waals surface area (Å²) in [6.45, 7) is 0.419. The van der Waals surface area contributed by atoms with E-state index < -0.39 is 13.2 Å². The summed E-state index contributed by atoms with van der Waals surface area (Å²) in [5, 5.41) is -0.145. The molecule has 0 amide bonds. The molecule has 0 aliphatic rings. The first-order chi connectivity index (χ1) is 19.3. The molecular weight excluding hydrogens is 625 g/mol. The lowest BCUT2D eigenvalue weighted by Gasteiger charge is -2.19. The van der Waals surface area contributed by atoms with Crippen LogP contribution in [0.5, 0.6) is 5.75 Å². The number of methoxy groups -OCH3 is 1. The molecule has 0 aliphatic heterocycles. The van der Waals surface area contributed by atoms with Gasteiger partial charge >= 0.3 is 7.60 Å². The number of nitrogens with one attached hydrogen (secondary N) is 1. The van der Waals surface area contributed by atoms with Crippen molar-refractivity contribution < 1.29 is 27.9 Å². The summed E-state index contributed by atoms with van der Waals surface area (Å²) >= 11 is 4.45. The summed E-state index contributed by atoms with van der Waals surface area (Å²) < 4.78 is 38.1. The number of hydrogen-bond acceptors (Lipinski definition) is 11. The summed E-state index contributed by atoms with van der Waals surface area (Å²) in [7, 11) is -2.15. The molecule has 2 heterocycles. The molecule has 4 aromatic rings. The van der Waals surface area contributed by atoms with Crippen molar-refractivity contribution in [2.45, 2.75) is 13.2 Å². The Hall–Kier alpha value is -3.00. The van der Waals surface area contributed by atoms with Crippen LogP contribution in [0, 0.1) is 0 Å². The predicted octanol–water partition coefficient (Wildman–Crippen LogP) is 4.45. The summed E-state index contributed by atoms with van der Waals surface area (Å²) in [5.41, 5.74) is 6.98. The van der Waals surface area contributed by atoms with E-state index >= 15 is 0 Å². The standard InChI is InChI=1S/C25H27BrN5O7PS/c1-35-20-7-5-18(6-8-20)24(33)40-12-11-37-39(34,38-14-17-3-2-4-19(26)13-17)16-36-10-9-31-15-28-21-22(31)29-25(27)30-23(21)32/h2-8,13,15H,9-12,14,16H2,1H3,(H3,27,29,30,32). The van der Waals surface area contributed by atoms with E-state index in [2.05, 4.69) is 30.9 Å². The molecule has 4 rings (SSSR count). The molecule has 0 saturated heterocycles. The van der Waals surface area contributed by atoms with Gasteiger partial charge in [0, 0.05) is 22.3 Å². The SMILES string of the molecule is COc1ccc(C(=O)SCCOP(=O)(COCCn2cnc3c(=O)[nH]c(N)nc32)OCc2cccc(Br)c2)cc1. The predicted molar refractivity (Wildman–Crippen MR) is 156 cm³/mol. The van der Waals surface area contributed by atoms with Crippen LogP contribution in [0.4, 0.5) is 5.95 Å². The van der Waals surface area contributed by atoms with E-state index in [1.54, 1.807) is 35.9 Å². The van der Waals surface area contributed by atoms with Crippen molar-refractivity contribution in [1.82, 2.24) is 19.5 Å². The zero-order valence-electron chi connectivity index (χ0n) is 21.4. The van der Waals surface area contributed by atoms with Gasteiger partial charge in [0.05, 0.1) is 33.3 Å². The molecule has 1 unspecified atom stereocenters. The first-order valence-electron chi connectivity index (χ1n) is 12.0. The third kappa shape index (κ3) is 8.26. The fourth-order valence-electron chi connectivity index (χ4n) is 3.51. The number of aromatic nitrogens is 4. The number of carbonyl (C=O) groups excluding carboxylic acids is 1. The fourth-order valence-corrected chi connectivity index (χ4v) is 6.02. The number of ether oxygens (including phenoxy) is 2. The molecule has 15 heteroatoms. The van der Waals surface area contributed by atoms with Crippen LogP contribution in [0.25, 0.3) is 11.2 Å². The van der Waals surface area contributed by atoms with Gasteiger partial charge in [-0.3, -0.25) is 19.1 Å². The second kappa shape index (κ2) is 14.1. The van der Waals surface area contributed by atoms with E-state index in [-0.39, 0.29) is 55.0 Å². The van der Waals surface area contributed by atoms with Gasteiger partial charge in [0.25, 0.3) is 5.56 Å². The smallest absolute Gasteiger partial charge is 0.356 e. The normalized spacial score (nSPS) is 12.8. The van der Waals surface area contributed by atoms with Crippen LogP contribution in [0.15, 0.2) is 64.1 Å². The minimum atomic E-state index is -3.71. The Balaban J connectivity index is 1.33. The quantitative estimate of drug-likeness (QED) is 0.146. The average Bonchev–Trinajstić information content (AvgIpc) is 3.35. The molecule has 40 heavy (non-hydrogen) atoms. The Bertz CT molecular complexity index is 1560. The first kappa shape index (κ1) is 30.0. The minimum Gasteiger partial charge on any atom is -0.497 e.